The van der Waals surface area contributed by atoms with Crippen LogP contribution in [0.1, 0.15) is 5.69 Å². The number of hydrogen-bond donors (Lipinski definition) is 3. The van der Waals surface area contributed by atoms with Crippen molar-refractivity contribution in [3.63, 3.8) is 0 Å². The summed E-state index contributed by atoms with van der Waals surface area (Å²) in [6.07, 6.45) is 3.27. The van der Waals surface area contributed by atoms with Crippen LogP contribution in [-0.4, -0.2) is 14.9 Å². The predicted molar refractivity (Wildman–Crippen MR) is 63.4 cm³/mol. The smallest absolute Gasteiger partial charge is 0.271 e. The van der Waals surface area contributed by atoms with Gasteiger partial charge >= 0.3 is 0 Å². The third-order valence-electron chi connectivity index (χ3n) is 2.27. The summed E-state index contributed by atoms with van der Waals surface area (Å²) in [7, 11) is 0. The number of nitro benzene ring substituents is 1. The van der Waals surface area contributed by atoms with Gasteiger partial charge in [0.25, 0.3) is 5.69 Å². The Morgan fingerprint density at radius 2 is 2.35 bits per heavy atom. The number of H-pyrrole nitrogens is 1. The Labute approximate surface area is 96.8 Å². The highest BCUT2D eigenvalue weighted by Crippen LogP contribution is 2.24. The van der Waals surface area contributed by atoms with Crippen LogP contribution < -0.4 is 11.1 Å². The quantitative estimate of drug-likeness (QED) is 0.421. The normalized spacial score (nSPS) is 10.1. The Hall–Kier alpha value is -2.57. The Balaban J connectivity index is 2.09. The van der Waals surface area contributed by atoms with E-state index in [4.69, 9.17) is 5.73 Å². The minimum Gasteiger partial charge on any atom is -0.397 e. The van der Waals surface area contributed by atoms with Crippen molar-refractivity contribution < 1.29 is 4.92 Å². The first-order chi connectivity index (χ1) is 8.16. The molecule has 0 fully saturated rings. The number of nitrogens with two attached hydrogens (primary N) is 1. The summed E-state index contributed by atoms with van der Waals surface area (Å²) in [5.41, 5.74) is 7.60. The first kappa shape index (κ1) is 10.9. The molecule has 0 saturated carbocycles. The summed E-state index contributed by atoms with van der Waals surface area (Å²) >= 11 is 0. The first-order valence-corrected chi connectivity index (χ1v) is 4.92. The maximum absolute atomic E-state index is 10.5. The summed E-state index contributed by atoms with van der Waals surface area (Å²) in [6.45, 7) is 0.530. The van der Waals surface area contributed by atoms with Crippen molar-refractivity contribution in [3.8, 4) is 0 Å². The molecule has 88 valence electrons. The van der Waals surface area contributed by atoms with Crippen molar-refractivity contribution in [3.05, 3.63) is 46.5 Å². The SMILES string of the molecule is Nc1cc([N+](=O)[O-])ccc1NCc1cnc[nH]1. The zero-order chi connectivity index (χ0) is 12.3. The van der Waals surface area contributed by atoms with E-state index in [-0.39, 0.29) is 5.69 Å². The lowest BCUT2D eigenvalue weighted by atomic mass is 10.2. The molecule has 0 bridgehead atoms. The van der Waals surface area contributed by atoms with Gasteiger partial charge in [-0.1, -0.05) is 0 Å². The Morgan fingerprint density at radius 3 is 2.94 bits per heavy atom. The van der Waals surface area contributed by atoms with Crippen LogP contribution >= 0.6 is 0 Å². The molecule has 0 aliphatic carbocycles. The third-order valence-corrected chi connectivity index (χ3v) is 2.27. The molecule has 0 radical (unpaired) electrons. The van der Waals surface area contributed by atoms with E-state index in [1.165, 1.54) is 12.1 Å². The fraction of sp³-hybridized carbons (Fsp3) is 0.100. The molecular weight excluding hydrogens is 222 g/mol. The van der Waals surface area contributed by atoms with Gasteiger partial charge in [-0.25, -0.2) is 4.98 Å². The van der Waals surface area contributed by atoms with Crippen molar-refractivity contribution in [1.29, 1.82) is 0 Å². The number of anilines is 2. The molecule has 1 aromatic heterocycles. The van der Waals surface area contributed by atoms with Crippen LogP contribution in [0.2, 0.25) is 0 Å². The maximum Gasteiger partial charge on any atom is 0.271 e. The van der Waals surface area contributed by atoms with E-state index in [0.29, 0.717) is 17.9 Å². The molecule has 2 rings (SSSR count). The van der Waals surface area contributed by atoms with Crippen LogP contribution in [0.3, 0.4) is 0 Å². The number of benzene rings is 1. The number of nitrogens with one attached hydrogen (secondary N) is 2. The maximum atomic E-state index is 10.5. The van der Waals surface area contributed by atoms with Gasteiger partial charge in [0.15, 0.2) is 0 Å². The lowest BCUT2D eigenvalue weighted by molar-refractivity contribution is -0.384. The van der Waals surface area contributed by atoms with Gasteiger partial charge in [-0.3, -0.25) is 10.1 Å². The Kier molecular flexibility index (Phi) is 2.91. The van der Waals surface area contributed by atoms with Gasteiger partial charge in [-0.05, 0) is 6.07 Å². The minimum absolute atomic E-state index is 0.0189. The second-order valence-electron chi connectivity index (χ2n) is 3.46. The van der Waals surface area contributed by atoms with E-state index < -0.39 is 4.92 Å². The van der Waals surface area contributed by atoms with E-state index in [2.05, 4.69) is 15.3 Å². The van der Waals surface area contributed by atoms with Crippen LogP contribution in [0, 0.1) is 10.1 Å². The highest BCUT2D eigenvalue weighted by atomic mass is 16.6. The summed E-state index contributed by atoms with van der Waals surface area (Å²) in [5.74, 6) is 0. The fourth-order valence-corrected chi connectivity index (χ4v) is 1.40. The zero-order valence-electron chi connectivity index (χ0n) is 8.88. The van der Waals surface area contributed by atoms with Crippen LogP contribution in [0.25, 0.3) is 0 Å². The van der Waals surface area contributed by atoms with Gasteiger partial charge in [0.05, 0.1) is 34.9 Å². The van der Waals surface area contributed by atoms with E-state index in [9.17, 15) is 10.1 Å². The molecular formula is C10H11N5O2. The first-order valence-electron chi connectivity index (χ1n) is 4.92. The second-order valence-corrected chi connectivity index (χ2v) is 3.46. The molecule has 0 saturated heterocycles. The molecule has 0 aliphatic rings. The lowest BCUT2D eigenvalue weighted by Gasteiger charge is -2.07. The zero-order valence-corrected chi connectivity index (χ0v) is 8.88. The number of aromatic nitrogens is 2. The highest BCUT2D eigenvalue weighted by molar-refractivity contribution is 5.69. The molecule has 1 heterocycles. The van der Waals surface area contributed by atoms with Crippen LogP contribution in [0.5, 0.6) is 0 Å². The van der Waals surface area contributed by atoms with E-state index in [0.717, 1.165) is 5.69 Å². The molecule has 17 heavy (non-hydrogen) atoms. The molecule has 1 aromatic carbocycles. The van der Waals surface area contributed by atoms with E-state index in [1.807, 2.05) is 0 Å². The molecule has 7 nitrogen and oxygen atoms in total. The predicted octanol–water partition coefficient (Wildman–Crippen LogP) is 1.51. The Morgan fingerprint density at radius 1 is 1.53 bits per heavy atom. The third kappa shape index (κ3) is 2.51. The monoisotopic (exact) mass is 233 g/mol. The molecule has 4 N–H and O–H groups in total. The van der Waals surface area contributed by atoms with Gasteiger partial charge in [-0.2, -0.15) is 0 Å². The summed E-state index contributed by atoms with van der Waals surface area (Å²) in [6, 6.07) is 4.32. The topological polar surface area (TPSA) is 110 Å². The van der Waals surface area contributed by atoms with Gasteiger partial charge in [0, 0.05) is 18.3 Å². The fourth-order valence-electron chi connectivity index (χ4n) is 1.40. The van der Waals surface area contributed by atoms with Crippen molar-refractivity contribution in [1.82, 2.24) is 9.97 Å². The molecule has 0 amide bonds. The number of nitrogens with zero attached hydrogens (tertiary/aromatic N) is 2. The number of nitro groups is 1. The standard InChI is InChI=1S/C10H11N5O2/c11-9-3-8(15(16)17)1-2-10(9)13-5-7-4-12-6-14-7/h1-4,6,13H,5,11H2,(H,12,14). The van der Waals surface area contributed by atoms with Crippen molar-refractivity contribution in [2.75, 3.05) is 11.1 Å². The van der Waals surface area contributed by atoms with Crippen molar-refractivity contribution in [2.45, 2.75) is 6.54 Å². The largest absolute Gasteiger partial charge is 0.397 e. The molecule has 0 spiro atoms. The van der Waals surface area contributed by atoms with Crippen LogP contribution in [0.4, 0.5) is 17.1 Å². The number of imidazole rings is 1. The number of hydrogen-bond acceptors (Lipinski definition) is 5. The van der Waals surface area contributed by atoms with Crippen molar-refractivity contribution >= 4 is 17.1 Å². The highest BCUT2D eigenvalue weighted by Gasteiger charge is 2.08. The van der Waals surface area contributed by atoms with Gasteiger partial charge in [0.2, 0.25) is 0 Å². The van der Waals surface area contributed by atoms with Crippen LogP contribution in [0.15, 0.2) is 30.7 Å². The molecule has 2 aromatic rings. The lowest BCUT2D eigenvalue weighted by Crippen LogP contribution is -2.03. The second kappa shape index (κ2) is 4.52. The van der Waals surface area contributed by atoms with Crippen LogP contribution in [-0.2, 0) is 6.54 Å². The average Bonchev–Trinajstić information content (AvgIpc) is 2.80. The molecule has 0 atom stereocenters. The molecule has 7 heteroatoms. The molecule has 0 aliphatic heterocycles. The minimum atomic E-state index is -0.477. The summed E-state index contributed by atoms with van der Waals surface area (Å²) < 4.78 is 0. The average molecular weight is 233 g/mol. The summed E-state index contributed by atoms with van der Waals surface area (Å²) in [5, 5.41) is 13.6. The van der Waals surface area contributed by atoms with Gasteiger partial charge in [-0.15, -0.1) is 0 Å². The number of non-ortho nitro benzene ring substituents is 1. The Bertz CT molecular complexity index is 523. The van der Waals surface area contributed by atoms with Gasteiger partial charge < -0.3 is 16.0 Å². The van der Waals surface area contributed by atoms with Gasteiger partial charge in [0.1, 0.15) is 0 Å². The number of aromatic amines is 1. The van der Waals surface area contributed by atoms with E-state index >= 15 is 0 Å². The number of rotatable bonds is 4. The number of nitrogen functional groups attached to an aromatic ring is 1. The molecule has 0 unspecified atom stereocenters. The van der Waals surface area contributed by atoms with E-state index in [1.54, 1.807) is 18.6 Å². The summed E-state index contributed by atoms with van der Waals surface area (Å²) in [4.78, 5) is 16.9. The van der Waals surface area contributed by atoms with Crippen molar-refractivity contribution in [2.24, 2.45) is 0 Å².